The molecule has 0 N–H and O–H groups in total. The normalized spacial score (nSPS) is 10.8. The monoisotopic (exact) mass is 286 g/mol. The summed E-state index contributed by atoms with van der Waals surface area (Å²) in [6, 6.07) is 0. The molecule has 4 nitrogen and oxygen atoms in total. The Hall–Kier alpha value is -0.870. The number of hydrogen-bond acceptors (Lipinski definition) is 4. The maximum atomic E-state index is 11.0. The van der Waals surface area contributed by atoms with Gasteiger partial charge in [-0.25, -0.2) is 4.79 Å². The highest BCUT2D eigenvalue weighted by Gasteiger charge is 2.01. The lowest BCUT2D eigenvalue weighted by atomic mass is 10.1. The van der Waals surface area contributed by atoms with Gasteiger partial charge >= 0.3 is 5.97 Å². The molecule has 0 fully saturated rings. The SMILES string of the molecule is C=C(C)C(=O)OCCOCCOCCCCCC(C)C. The number of carbonyl (C=O) groups is 1. The van der Waals surface area contributed by atoms with Crippen LogP contribution in [0.5, 0.6) is 0 Å². The average Bonchev–Trinajstić information content (AvgIpc) is 2.39. The van der Waals surface area contributed by atoms with Gasteiger partial charge in [0.1, 0.15) is 6.61 Å². The van der Waals surface area contributed by atoms with Crippen molar-refractivity contribution in [2.24, 2.45) is 5.92 Å². The predicted octanol–water partition coefficient (Wildman–Crippen LogP) is 3.36. The molecule has 0 spiro atoms. The molecule has 0 bridgehead atoms. The summed E-state index contributed by atoms with van der Waals surface area (Å²) in [5.74, 6) is 0.426. The van der Waals surface area contributed by atoms with Crippen LogP contribution in [-0.2, 0) is 19.0 Å². The Bertz CT molecular complexity index is 261. The van der Waals surface area contributed by atoms with Gasteiger partial charge in [0.2, 0.25) is 0 Å². The van der Waals surface area contributed by atoms with Gasteiger partial charge in [0.25, 0.3) is 0 Å². The molecule has 0 unspecified atom stereocenters. The summed E-state index contributed by atoms with van der Waals surface area (Å²) in [6.07, 6.45) is 4.93. The van der Waals surface area contributed by atoms with E-state index in [9.17, 15) is 4.79 Å². The molecule has 0 rings (SSSR count). The van der Waals surface area contributed by atoms with Gasteiger partial charge in [0, 0.05) is 12.2 Å². The fraction of sp³-hybridized carbons (Fsp3) is 0.812. The molecule has 0 aliphatic rings. The van der Waals surface area contributed by atoms with Crippen molar-refractivity contribution >= 4 is 5.97 Å². The van der Waals surface area contributed by atoms with Crippen molar-refractivity contribution in [3.8, 4) is 0 Å². The van der Waals surface area contributed by atoms with E-state index in [1.54, 1.807) is 6.92 Å². The van der Waals surface area contributed by atoms with Crippen LogP contribution in [-0.4, -0.2) is 39.0 Å². The first kappa shape index (κ1) is 19.1. The zero-order valence-electron chi connectivity index (χ0n) is 13.3. The zero-order chi connectivity index (χ0) is 15.2. The van der Waals surface area contributed by atoms with Crippen molar-refractivity contribution in [2.75, 3.05) is 33.0 Å². The van der Waals surface area contributed by atoms with Gasteiger partial charge in [-0.05, 0) is 19.3 Å². The molecular formula is C16H30O4. The number of esters is 1. The molecule has 118 valence electrons. The lowest BCUT2D eigenvalue weighted by Crippen LogP contribution is -2.13. The second-order valence-electron chi connectivity index (χ2n) is 5.38. The minimum absolute atomic E-state index is 0.265. The van der Waals surface area contributed by atoms with E-state index in [-0.39, 0.29) is 12.6 Å². The number of rotatable bonds is 13. The van der Waals surface area contributed by atoms with Gasteiger partial charge < -0.3 is 14.2 Å². The van der Waals surface area contributed by atoms with Crippen molar-refractivity contribution in [3.63, 3.8) is 0 Å². The summed E-state index contributed by atoms with van der Waals surface area (Å²) in [5, 5.41) is 0. The highest BCUT2D eigenvalue weighted by Crippen LogP contribution is 2.07. The zero-order valence-corrected chi connectivity index (χ0v) is 13.3. The van der Waals surface area contributed by atoms with E-state index < -0.39 is 0 Å². The topological polar surface area (TPSA) is 44.8 Å². The second-order valence-corrected chi connectivity index (χ2v) is 5.38. The van der Waals surface area contributed by atoms with Crippen molar-refractivity contribution < 1.29 is 19.0 Å². The fourth-order valence-corrected chi connectivity index (χ4v) is 1.57. The van der Waals surface area contributed by atoms with Crippen LogP contribution in [0.15, 0.2) is 12.2 Å². The molecule has 0 radical (unpaired) electrons. The van der Waals surface area contributed by atoms with Gasteiger partial charge in [0.15, 0.2) is 0 Å². The average molecular weight is 286 g/mol. The van der Waals surface area contributed by atoms with Gasteiger partial charge in [-0.2, -0.15) is 0 Å². The summed E-state index contributed by atoms with van der Waals surface area (Å²) < 4.78 is 15.6. The Morgan fingerprint density at radius 2 is 1.55 bits per heavy atom. The quantitative estimate of drug-likeness (QED) is 0.296. The summed E-state index contributed by atoms with van der Waals surface area (Å²) in [5.41, 5.74) is 0.408. The molecule has 0 aliphatic carbocycles. The van der Waals surface area contributed by atoms with Gasteiger partial charge in [0.05, 0.1) is 19.8 Å². The molecular weight excluding hydrogens is 256 g/mol. The molecule has 0 aromatic heterocycles. The largest absolute Gasteiger partial charge is 0.460 e. The number of hydrogen-bond donors (Lipinski definition) is 0. The van der Waals surface area contributed by atoms with Crippen LogP contribution in [0.25, 0.3) is 0 Å². The Balaban J connectivity index is 3.10. The van der Waals surface area contributed by atoms with Crippen LogP contribution < -0.4 is 0 Å². The van der Waals surface area contributed by atoms with Gasteiger partial charge in [-0.3, -0.25) is 0 Å². The number of carbonyl (C=O) groups excluding carboxylic acids is 1. The predicted molar refractivity (Wildman–Crippen MR) is 80.7 cm³/mol. The van der Waals surface area contributed by atoms with Crippen LogP contribution in [0.3, 0.4) is 0 Å². The van der Waals surface area contributed by atoms with Crippen LogP contribution in [0.4, 0.5) is 0 Å². The van der Waals surface area contributed by atoms with E-state index in [1.807, 2.05) is 0 Å². The van der Waals surface area contributed by atoms with Crippen molar-refractivity contribution in [3.05, 3.63) is 12.2 Å². The molecule has 0 aromatic carbocycles. The van der Waals surface area contributed by atoms with Crippen molar-refractivity contribution in [2.45, 2.75) is 46.5 Å². The molecule has 0 heterocycles. The fourth-order valence-electron chi connectivity index (χ4n) is 1.57. The molecule has 20 heavy (non-hydrogen) atoms. The third kappa shape index (κ3) is 13.6. The third-order valence-electron chi connectivity index (χ3n) is 2.75. The lowest BCUT2D eigenvalue weighted by molar-refractivity contribution is -0.140. The summed E-state index contributed by atoms with van der Waals surface area (Å²) >= 11 is 0. The van der Waals surface area contributed by atoms with E-state index in [0.717, 1.165) is 18.9 Å². The summed E-state index contributed by atoms with van der Waals surface area (Å²) in [7, 11) is 0. The highest BCUT2D eigenvalue weighted by molar-refractivity contribution is 5.86. The standard InChI is InChI=1S/C16H30O4/c1-14(2)8-6-5-7-9-18-10-11-19-12-13-20-16(17)15(3)4/h14H,3,5-13H2,1-2,4H3. The van der Waals surface area contributed by atoms with Gasteiger partial charge in [-0.1, -0.05) is 39.7 Å². The molecule has 0 saturated heterocycles. The van der Waals surface area contributed by atoms with Crippen LogP contribution in [0, 0.1) is 5.92 Å². The summed E-state index contributed by atoms with van der Waals surface area (Å²) in [6.45, 7) is 12.2. The Labute approximate surface area is 123 Å². The van der Waals surface area contributed by atoms with Crippen LogP contribution in [0.2, 0.25) is 0 Å². The Kier molecular flexibility index (Phi) is 12.6. The second kappa shape index (κ2) is 13.1. The maximum Gasteiger partial charge on any atom is 0.333 e. The van der Waals surface area contributed by atoms with E-state index in [1.165, 1.54) is 19.3 Å². The Morgan fingerprint density at radius 3 is 2.15 bits per heavy atom. The van der Waals surface area contributed by atoms with Crippen LogP contribution in [0.1, 0.15) is 46.5 Å². The maximum absolute atomic E-state index is 11.0. The Morgan fingerprint density at radius 1 is 0.950 bits per heavy atom. The van der Waals surface area contributed by atoms with E-state index >= 15 is 0 Å². The van der Waals surface area contributed by atoms with E-state index in [0.29, 0.717) is 25.4 Å². The van der Waals surface area contributed by atoms with E-state index in [4.69, 9.17) is 14.2 Å². The molecule has 0 aromatic rings. The number of ether oxygens (including phenoxy) is 3. The first-order valence-corrected chi connectivity index (χ1v) is 7.52. The van der Waals surface area contributed by atoms with Gasteiger partial charge in [-0.15, -0.1) is 0 Å². The van der Waals surface area contributed by atoms with Crippen molar-refractivity contribution in [1.82, 2.24) is 0 Å². The molecule has 0 atom stereocenters. The third-order valence-corrected chi connectivity index (χ3v) is 2.75. The first-order valence-electron chi connectivity index (χ1n) is 7.52. The highest BCUT2D eigenvalue weighted by atomic mass is 16.6. The summed E-state index contributed by atoms with van der Waals surface area (Å²) in [4.78, 5) is 11.0. The number of unbranched alkanes of at least 4 members (excludes halogenated alkanes) is 2. The molecule has 0 amide bonds. The minimum Gasteiger partial charge on any atom is -0.460 e. The van der Waals surface area contributed by atoms with Crippen molar-refractivity contribution in [1.29, 1.82) is 0 Å². The van der Waals surface area contributed by atoms with E-state index in [2.05, 4.69) is 20.4 Å². The van der Waals surface area contributed by atoms with Crippen LogP contribution >= 0.6 is 0 Å². The first-order chi connectivity index (χ1) is 9.54. The smallest absolute Gasteiger partial charge is 0.333 e. The molecule has 4 heteroatoms. The molecule has 0 saturated carbocycles. The molecule has 0 aliphatic heterocycles. The lowest BCUT2D eigenvalue weighted by Gasteiger charge is -2.07. The minimum atomic E-state index is -0.369.